The van der Waals surface area contributed by atoms with Crippen LogP contribution < -0.4 is 10.6 Å². The zero-order chi connectivity index (χ0) is 15.6. The molecule has 5 nitrogen and oxygen atoms in total. The molecule has 0 unspecified atom stereocenters. The minimum absolute atomic E-state index is 0. The molecule has 138 valence electrons. The average Bonchev–Trinajstić information content (AvgIpc) is 2.54. The van der Waals surface area contributed by atoms with Crippen LogP contribution in [0.5, 0.6) is 0 Å². The first-order chi connectivity index (χ1) is 10.8. The van der Waals surface area contributed by atoms with E-state index in [1.54, 1.807) is 0 Å². The number of nitrogens with one attached hydrogen (secondary N) is 2. The highest BCUT2D eigenvalue weighted by Gasteiger charge is 2.18. The Hall–Kier alpha value is -0.850. The summed E-state index contributed by atoms with van der Waals surface area (Å²) >= 11 is 0. The van der Waals surface area contributed by atoms with Crippen LogP contribution in [0.4, 0.5) is 0 Å². The molecule has 0 saturated carbocycles. The van der Waals surface area contributed by atoms with Gasteiger partial charge in [-0.05, 0) is 12.1 Å². The maximum atomic E-state index is 11.9. The van der Waals surface area contributed by atoms with Gasteiger partial charge in [0.15, 0.2) is 0 Å². The number of benzene rings is 1. The molecule has 0 atom stereocenters. The van der Waals surface area contributed by atoms with Crippen molar-refractivity contribution < 1.29 is 4.79 Å². The zero-order valence-corrected chi connectivity index (χ0v) is 16.0. The molecule has 0 bridgehead atoms. The van der Waals surface area contributed by atoms with E-state index in [0.29, 0.717) is 13.1 Å². The highest BCUT2D eigenvalue weighted by atomic mass is 35.5. The maximum absolute atomic E-state index is 11.9. The number of likely N-dealkylation sites (N-methyl/N-ethyl adjacent to an activating group) is 1. The van der Waals surface area contributed by atoms with E-state index in [9.17, 15) is 4.79 Å². The van der Waals surface area contributed by atoms with Crippen LogP contribution >= 0.6 is 24.8 Å². The highest BCUT2D eigenvalue weighted by Crippen LogP contribution is 2.08. The van der Waals surface area contributed by atoms with Gasteiger partial charge in [0.2, 0.25) is 5.91 Å². The molecule has 1 aliphatic rings. The minimum atomic E-state index is 0. The molecule has 7 heteroatoms. The number of carbonyl (C=O) groups is 1. The van der Waals surface area contributed by atoms with E-state index in [4.69, 9.17) is 0 Å². The van der Waals surface area contributed by atoms with Crippen molar-refractivity contribution in [1.82, 2.24) is 20.4 Å². The standard InChI is InChI=1S/C17H28N4O.2ClH/c1-2-18-8-9-19-17(22)15-21-12-10-20(11-13-21)14-16-6-4-3-5-7-16;;/h3-7,18H,2,8-15H2,1H3,(H,19,22);2*1H. The molecule has 1 aliphatic heterocycles. The number of piperazine rings is 1. The van der Waals surface area contributed by atoms with Crippen LogP contribution in [0.2, 0.25) is 0 Å². The Kier molecular flexibility index (Phi) is 13.0. The van der Waals surface area contributed by atoms with E-state index < -0.39 is 0 Å². The van der Waals surface area contributed by atoms with Crippen molar-refractivity contribution in [1.29, 1.82) is 0 Å². The van der Waals surface area contributed by atoms with Gasteiger partial charge in [0.1, 0.15) is 0 Å². The Morgan fingerprint density at radius 3 is 2.25 bits per heavy atom. The summed E-state index contributed by atoms with van der Waals surface area (Å²) in [6, 6.07) is 10.6. The first kappa shape index (κ1) is 23.1. The highest BCUT2D eigenvalue weighted by molar-refractivity contribution is 5.85. The number of hydrogen-bond acceptors (Lipinski definition) is 4. The number of halogens is 2. The van der Waals surface area contributed by atoms with Crippen LogP contribution in [0.1, 0.15) is 12.5 Å². The lowest BCUT2D eigenvalue weighted by Crippen LogP contribution is -2.49. The molecule has 1 fully saturated rings. The van der Waals surface area contributed by atoms with Gasteiger partial charge in [-0.25, -0.2) is 0 Å². The minimum Gasteiger partial charge on any atom is -0.354 e. The zero-order valence-electron chi connectivity index (χ0n) is 14.4. The molecule has 2 rings (SSSR count). The number of hydrogen-bond donors (Lipinski definition) is 2. The van der Waals surface area contributed by atoms with Gasteiger partial charge < -0.3 is 10.6 Å². The summed E-state index contributed by atoms with van der Waals surface area (Å²) in [5, 5.41) is 6.16. The first-order valence-corrected chi connectivity index (χ1v) is 8.24. The van der Waals surface area contributed by atoms with Gasteiger partial charge in [-0.2, -0.15) is 0 Å². The SMILES string of the molecule is CCNCCNC(=O)CN1CCN(Cc2ccccc2)CC1.Cl.Cl. The summed E-state index contributed by atoms with van der Waals surface area (Å²) in [5.41, 5.74) is 1.36. The van der Waals surface area contributed by atoms with Gasteiger partial charge in [0.25, 0.3) is 0 Å². The van der Waals surface area contributed by atoms with Gasteiger partial charge >= 0.3 is 0 Å². The quantitative estimate of drug-likeness (QED) is 0.672. The second-order valence-electron chi connectivity index (χ2n) is 5.74. The van der Waals surface area contributed by atoms with Gasteiger partial charge in [0, 0.05) is 45.8 Å². The van der Waals surface area contributed by atoms with Crippen molar-refractivity contribution in [2.75, 3.05) is 52.4 Å². The van der Waals surface area contributed by atoms with Crippen LogP contribution in [0.15, 0.2) is 30.3 Å². The predicted octanol–water partition coefficient (Wildman–Crippen LogP) is 1.37. The van der Waals surface area contributed by atoms with Crippen LogP contribution in [0.3, 0.4) is 0 Å². The fourth-order valence-corrected chi connectivity index (χ4v) is 2.67. The van der Waals surface area contributed by atoms with Crippen LogP contribution in [-0.4, -0.2) is 68.1 Å². The second kappa shape index (κ2) is 13.4. The van der Waals surface area contributed by atoms with Gasteiger partial charge in [-0.15, -0.1) is 24.8 Å². The molecule has 1 aromatic carbocycles. The van der Waals surface area contributed by atoms with E-state index in [-0.39, 0.29) is 30.7 Å². The third kappa shape index (κ3) is 8.85. The van der Waals surface area contributed by atoms with E-state index in [0.717, 1.165) is 45.8 Å². The Labute approximate surface area is 158 Å². The van der Waals surface area contributed by atoms with Gasteiger partial charge in [-0.1, -0.05) is 37.3 Å². The van der Waals surface area contributed by atoms with Gasteiger partial charge in [0.05, 0.1) is 6.54 Å². The number of carbonyl (C=O) groups excluding carboxylic acids is 1. The van der Waals surface area contributed by atoms with Crippen LogP contribution in [-0.2, 0) is 11.3 Å². The molecule has 1 aromatic rings. The van der Waals surface area contributed by atoms with E-state index in [1.165, 1.54) is 5.56 Å². The topological polar surface area (TPSA) is 47.6 Å². The Morgan fingerprint density at radius 2 is 1.62 bits per heavy atom. The second-order valence-corrected chi connectivity index (χ2v) is 5.74. The molecule has 0 radical (unpaired) electrons. The van der Waals surface area contributed by atoms with E-state index in [2.05, 4.69) is 57.7 Å². The van der Waals surface area contributed by atoms with Crippen molar-refractivity contribution in [3.63, 3.8) is 0 Å². The smallest absolute Gasteiger partial charge is 0.234 e. The Bertz CT molecular complexity index is 439. The van der Waals surface area contributed by atoms with Crippen LogP contribution in [0, 0.1) is 0 Å². The number of nitrogens with zero attached hydrogens (tertiary/aromatic N) is 2. The molecule has 1 heterocycles. The Morgan fingerprint density at radius 1 is 1.00 bits per heavy atom. The third-order valence-electron chi connectivity index (χ3n) is 3.96. The molecular weight excluding hydrogens is 347 g/mol. The third-order valence-corrected chi connectivity index (χ3v) is 3.96. The van der Waals surface area contributed by atoms with Crippen molar-refractivity contribution >= 4 is 30.7 Å². The molecule has 24 heavy (non-hydrogen) atoms. The summed E-state index contributed by atoms with van der Waals surface area (Å²) in [6.45, 7) is 10.1. The molecule has 1 saturated heterocycles. The average molecular weight is 377 g/mol. The summed E-state index contributed by atoms with van der Waals surface area (Å²) < 4.78 is 0. The van der Waals surface area contributed by atoms with Gasteiger partial charge in [-0.3, -0.25) is 14.6 Å². The molecular formula is C17H30Cl2N4O. The van der Waals surface area contributed by atoms with E-state index in [1.807, 2.05) is 0 Å². The molecule has 0 aromatic heterocycles. The molecule has 2 N–H and O–H groups in total. The van der Waals surface area contributed by atoms with Crippen molar-refractivity contribution in [2.45, 2.75) is 13.5 Å². The fourth-order valence-electron chi connectivity index (χ4n) is 2.67. The summed E-state index contributed by atoms with van der Waals surface area (Å²) in [5.74, 6) is 0.134. The molecule has 0 aliphatic carbocycles. The number of amides is 1. The van der Waals surface area contributed by atoms with Crippen LogP contribution in [0.25, 0.3) is 0 Å². The normalized spacial score (nSPS) is 15.2. The molecule has 1 amide bonds. The van der Waals surface area contributed by atoms with Crippen molar-refractivity contribution in [3.8, 4) is 0 Å². The summed E-state index contributed by atoms with van der Waals surface area (Å²) in [4.78, 5) is 16.5. The fraction of sp³-hybridized carbons (Fsp3) is 0.588. The van der Waals surface area contributed by atoms with E-state index >= 15 is 0 Å². The molecule has 0 spiro atoms. The monoisotopic (exact) mass is 376 g/mol. The predicted molar refractivity (Wildman–Crippen MR) is 104 cm³/mol. The summed E-state index contributed by atoms with van der Waals surface area (Å²) in [7, 11) is 0. The lowest BCUT2D eigenvalue weighted by molar-refractivity contribution is -0.122. The number of rotatable bonds is 8. The lowest BCUT2D eigenvalue weighted by atomic mass is 10.2. The summed E-state index contributed by atoms with van der Waals surface area (Å²) in [6.07, 6.45) is 0. The maximum Gasteiger partial charge on any atom is 0.234 e. The largest absolute Gasteiger partial charge is 0.354 e. The van der Waals surface area contributed by atoms with Crippen molar-refractivity contribution in [2.24, 2.45) is 0 Å². The van der Waals surface area contributed by atoms with Crippen molar-refractivity contribution in [3.05, 3.63) is 35.9 Å². The Balaban J connectivity index is 0.00000264. The lowest BCUT2D eigenvalue weighted by Gasteiger charge is -2.34. The first-order valence-electron chi connectivity index (χ1n) is 8.24.